The van der Waals surface area contributed by atoms with Gasteiger partial charge in [-0.15, -0.1) is 0 Å². The van der Waals surface area contributed by atoms with Gasteiger partial charge in [-0.25, -0.2) is 0 Å². The van der Waals surface area contributed by atoms with Crippen LogP contribution in [0.25, 0.3) is 0 Å². The van der Waals surface area contributed by atoms with Crippen LogP contribution in [-0.2, 0) is 0 Å². The fourth-order valence-corrected chi connectivity index (χ4v) is 2.53. The summed E-state index contributed by atoms with van der Waals surface area (Å²) in [7, 11) is 0. The predicted octanol–water partition coefficient (Wildman–Crippen LogP) is 1.08. The summed E-state index contributed by atoms with van der Waals surface area (Å²) >= 11 is 0. The van der Waals surface area contributed by atoms with Gasteiger partial charge >= 0.3 is 0 Å². The number of rotatable bonds is 1. The molecule has 2 heterocycles. The van der Waals surface area contributed by atoms with Crippen molar-refractivity contribution >= 4 is 0 Å². The van der Waals surface area contributed by atoms with E-state index in [-0.39, 0.29) is 0 Å². The van der Waals surface area contributed by atoms with Gasteiger partial charge in [-0.05, 0) is 45.7 Å². The number of nitrogens with zero attached hydrogens (tertiary/aromatic N) is 1. The minimum Gasteiger partial charge on any atom is -0.312 e. The molecule has 2 rings (SSSR count). The minimum absolute atomic E-state index is 0.730. The van der Waals surface area contributed by atoms with Crippen LogP contribution in [0, 0.1) is 5.92 Å². The molecule has 2 saturated heterocycles. The average molecular weight is 168 g/mol. The molecule has 2 nitrogen and oxygen atoms in total. The number of nitrogens with one attached hydrogen (secondary N) is 1. The van der Waals surface area contributed by atoms with E-state index in [1.807, 2.05) is 0 Å². The lowest BCUT2D eigenvalue weighted by atomic mass is 9.92. The van der Waals surface area contributed by atoms with Crippen LogP contribution in [0.3, 0.4) is 0 Å². The van der Waals surface area contributed by atoms with Crippen LogP contribution >= 0.6 is 0 Å². The summed E-state index contributed by atoms with van der Waals surface area (Å²) in [5, 5.41) is 3.60. The minimum atomic E-state index is 0.730. The van der Waals surface area contributed by atoms with Gasteiger partial charge in [-0.2, -0.15) is 0 Å². The molecule has 0 radical (unpaired) electrons. The quantitative estimate of drug-likeness (QED) is 0.630. The van der Waals surface area contributed by atoms with Gasteiger partial charge in [-0.3, -0.25) is 4.90 Å². The zero-order chi connectivity index (χ0) is 8.55. The number of hydrogen-bond acceptors (Lipinski definition) is 2. The number of likely N-dealkylation sites (tertiary alicyclic amines) is 1. The molecule has 2 aliphatic heterocycles. The van der Waals surface area contributed by atoms with E-state index in [1.54, 1.807) is 0 Å². The number of fused-ring (bicyclic) bond motifs is 1. The highest BCUT2D eigenvalue weighted by molar-refractivity contribution is 4.91. The second-order valence-corrected chi connectivity index (χ2v) is 4.49. The molecule has 0 bridgehead atoms. The molecule has 0 aromatic heterocycles. The highest BCUT2D eigenvalue weighted by Gasteiger charge is 2.32. The normalized spacial score (nSPS) is 37.2. The largest absolute Gasteiger partial charge is 0.312 e. The topological polar surface area (TPSA) is 15.3 Å². The summed E-state index contributed by atoms with van der Waals surface area (Å²) in [6.07, 6.45) is 2.83. The van der Waals surface area contributed by atoms with Gasteiger partial charge < -0.3 is 5.32 Å². The van der Waals surface area contributed by atoms with Gasteiger partial charge in [-0.1, -0.05) is 0 Å². The Kier molecular flexibility index (Phi) is 2.37. The average Bonchev–Trinajstić information content (AvgIpc) is 2.49. The van der Waals surface area contributed by atoms with E-state index < -0.39 is 0 Å². The van der Waals surface area contributed by atoms with Gasteiger partial charge in [0.1, 0.15) is 0 Å². The zero-order valence-electron chi connectivity index (χ0n) is 8.21. The lowest BCUT2D eigenvalue weighted by Gasteiger charge is -2.37. The van der Waals surface area contributed by atoms with Crippen molar-refractivity contribution in [2.24, 2.45) is 5.92 Å². The van der Waals surface area contributed by atoms with Crippen LogP contribution in [0.2, 0.25) is 0 Å². The molecule has 2 heteroatoms. The smallest absolute Gasteiger partial charge is 0.0224 e. The molecule has 1 unspecified atom stereocenters. The predicted molar refractivity (Wildman–Crippen MR) is 51.2 cm³/mol. The van der Waals surface area contributed by atoms with Crippen molar-refractivity contribution in [3.8, 4) is 0 Å². The molecule has 0 aromatic carbocycles. The van der Waals surface area contributed by atoms with Crippen molar-refractivity contribution in [1.82, 2.24) is 10.2 Å². The van der Waals surface area contributed by atoms with Crippen LogP contribution in [0.5, 0.6) is 0 Å². The van der Waals surface area contributed by atoms with Crippen LogP contribution in [0.4, 0.5) is 0 Å². The highest BCUT2D eigenvalue weighted by Crippen LogP contribution is 2.25. The second kappa shape index (κ2) is 3.35. The first-order chi connectivity index (χ1) is 5.77. The van der Waals surface area contributed by atoms with Crippen LogP contribution in [-0.4, -0.2) is 36.6 Å². The molecule has 2 aliphatic rings. The van der Waals surface area contributed by atoms with E-state index in [0.717, 1.165) is 18.0 Å². The summed E-state index contributed by atoms with van der Waals surface area (Å²) in [5.41, 5.74) is 0. The van der Waals surface area contributed by atoms with Crippen LogP contribution in [0.15, 0.2) is 0 Å². The molecule has 0 spiro atoms. The van der Waals surface area contributed by atoms with Crippen molar-refractivity contribution in [3.63, 3.8) is 0 Å². The van der Waals surface area contributed by atoms with Crippen molar-refractivity contribution in [1.29, 1.82) is 0 Å². The molecular formula is C10H20N2. The van der Waals surface area contributed by atoms with Crippen molar-refractivity contribution in [2.75, 3.05) is 19.6 Å². The van der Waals surface area contributed by atoms with Gasteiger partial charge in [0.05, 0.1) is 0 Å². The molecule has 1 N–H and O–H groups in total. The van der Waals surface area contributed by atoms with E-state index in [9.17, 15) is 0 Å². The van der Waals surface area contributed by atoms with Crippen molar-refractivity contribution in [3.05, 3.63) is 0 Å². The summed E-state index contributed by atoms with van der Waals surface area (Å²) in [6.45, 7) is 8.45. The molecular weight excluding hydrogens is 148 g/mol. The zero-order valence-corrected chi connectivity index (χ0v) is 8.21. The Hall–Kier alpha value is -0.0800. The summed E-state index contributed by atoms with van der Waals surface area (Å²) in [4.78, 5) is 2.60. The highest BCUT2D eigenvalue weighted by atomic mass is 15.2. The van der Waals surface area contributed by atoms with E-state index in [1.165, 1.54) is 32.5 Å². The molecule has 12 heavy (non-hydrogen) atoms. The maximum atomic E-state index is 3.60. The summed E-state index contributed by atoms with van der Waals surface area (Å²) < 4.78 is 0. The number of piperidine rings is 1. The Labute approximate surface area is 75.3 Å². The first kappa shape index (κ1) is 8.52. The Balaban J connectivity index is 1.92. The molecule has 0 aromatic rings. The van der Waals surface area contributed by atoms with Crippen LogP contribution < -0.4 is 5.32 Å². The van der Waals surface area contributed by atoms with E-state index in [2.05, 4.69) is 24.1 Å². The Morgan fingerprint density at radius 2 is 2.17 bits per heavy atom. The SMILES string of the molecule is CC(C)N1CC[C@H]2CCNC2C1. The number of hydrogen-bond donors (Lipinski definition) is 1. The summed E-state index contributed by atoms with van der Waals surface area (Å²) in [6, 6.07) is 1.54. The van der Waals surface area contributed by atoms with Crippen LogP contribution in [0.1, 0.15) is 26.7 Å². The third kappa shape index (κ3) is 1.50. The molecule has 0 saturated carbocycles. The lowest BCUT2D eigenvalue weighted by Crippen LogP contribution is -2.48. The maximum absolute atomic E-state index is 3.60. The van der Waals surface area contributed by atoms with E-state index in [0.29, 0.717) is 0 Å². The van der Waals surface area contributed by atoms with Gasteiger partial charge in [0.2, 0.25) is 0 Å². The Morgan fingerprint density at radius 3 is 2.92 bits per heavy atom. The van der Waals surface area contributed by atoms with Gasteiger partial charge in [0.25, 0.3) is 0 Å². The Bertz CT molecular complexity index is 156. The monoisotopic (exact) mass is 168 g/mol. The third-order valence-corrected chi connectivity index (χ3v) is 3.44. The Morgan fingerprint density at radius 1 is 1.33 bits per heavy atom. The first-order valence-corrected chi connectivity index (χ1v) is 5.25. The van der Waals surface area contributed by atoms with Gasteiger partial charge in [0.15, 0.2) is 0 Å². The van der Waals surface area contributed by atoms with E-state index in [4.69, 9.17) is 0 Å². The fourth-order valence-electron chi connectivity index (χ4n) is 2.53. The van der Waals surface area contributed by atoms with E-state index >= 15 is 0 Å². The molecule has 2 fully saturated rings. The standard InChI is InChI=1S/C10H20N2/c1-8(2)12-6-4-9-3-5-11-10(9)7-12/h8-11H,3-7H2,1-2H3/t9-,10?/m1/s1. The molecule has 0 amide bonds. The maximum Gasteiger partial charge on any atom is 0.0224 e. The molecule has 70 valence electrons. The van der Waals surface area contributed by atoms with Gasteiger partial charge in [0, 0.05) is 18.6 Å². The molecule has 2 atom stereocenters. The second-order valence-electron chi connectivity index (χ2n) is 4.49. The van der Waals surface area contributed by atoms with Crippen molar-refractivity contribution < 1.29 is 0 Å². The lowest BCUT2D eigenvalue weighted by molar-refractivity contribution is 0.134. The van der Waals surface area contributed by atoms with Crippen molar-refractivity contribution in [2.45, 2.75) is 38.8 Å². The molecule has 0 aliphatic carbocycles. The third-order valence-electron chi connectivity index (χ3n) is 3.44. The summed E-state index contributed by atoms with van der Waals surface area (Å²) in [5.74, 6) is 0.986. The fraction of sp³-hybridized carbons (Fsp3) is 1.00. The first-order valence-electron chi connectivity index (χ1n) is 5.25.